The first-order chi connectivity index (χ1) is 11.8. The standard InChI is InChI=1S/C17H11ClN4OS/c18-12-5-3-4-11(8-12)16-21-15(23-22-16)9-24-17-13-6-1-2-7-14(13)19-10-20-17/h1-8,10H,9H2. The molecule has 4 aromatic rings. The highest BCUT2D eigenvalue weighted by Crippen LogP contribution is 2.27. The molecule has 5 nitrogen and oxygen atoms in total. The van der Waals surface area contributed by atoms with Crippen molar-refractivity contribution in [3.05, 3.63) is 65.8 Å². The SMILES string of the molecule is Clc1cccc(-c2noc(CSc3ncnc4ccccc34)n2)c1. The smallest absolute Gasteiger partial charge is 0.237 e. The molecule has 0 aliphatic carbocycles. The van der Waals surface area contributed by atoms with E-state index < -0.39 is 0 Å². The van der Waals surface area contributed by atoms with Crippen LogP contribution in [0.1, 0.15) is 5.89 Å². The number of thioether (sulfide) groups is 1. The molecule has 0 spiro atoms. The molecule has 0 saturated heterocycles. The van der Waals surface area contributed by atoms with E-state index in [1.165, 1.54) is 0 Å². The van der Waals surface area contributed by atoms with E-state index >= 15 is 0 Å². The molecule has 2 aromatic heterocycles. The number of nitrogens with zero attached hydrogens (tertiary/aromatic N) is 4. The van der Waals surface area contributed by atoms with Crippen LogP contribution in [0.25, 0.3) is 22.3 Å². The largest absolute Gasteiger partial charge is 0.338 e. The van der Waals surface area contributed by atoms with Gasteiger partial charge in [0.25, 0.3) is 0 Å². The zero-order chi connectivity index (χ0) is 16.4. The summed E-state index contributed by atoms with van der Waals surface area (Å²) in [4.78, 5) is 13.0. The number of para-hydroxylation sites is 1. The Hall–Kier alpha value is -2.44. The third-order valence-corrected chi connectivity index (χ3v) is 4.61. The van der Waals surface area contributed by atoms with Crippen LogP contribution < -0.4 is 0 Å². The summed E-state index contributed by atoms with van der Waals surface area (Å²) >= 11 is 7.54. The lowest BCUT2D eigenvalue weighted by Crippen LogP contribution is -1.88. The molecule has 2 aromatic carbocycles. The van der Waals surface area contributed by atoms with E-state index in [9.17, 15) is 0 Å². The quantitative estimate of drug-likeness (QED) is 0.393. The second-order valence-electron chi connectivity index (χ2n) is 5.01. The van der Waals surface area contributed by atoms with Crippen molar-refractivity contribution in [1.29, 1.82) is 0 Å². The Kier molecular flexibility index (Phi) is 4.15. The van der Waals surface area contributed by atoms with Gasteiger partial charge in [0.15, 0.2) is 0 Å². The average Bonchev–Trinajstić information content (AvgIpc) is 3.09. The van der Waals surface area contributed by atoms with Crippen LogP contribution in [0.3, 0.4) is 0 Å². The maximum absolute atomic E-state index is 5.99. The number of hydrogen-bond acceptors (Lipinski definition) is 6. The van der Waals surface area contributed by atoms with Gasteiger partial charge in [0.05, 0.1) is 11.3 Å². The lowest BCUT2D eigenvalue weighted by atomic mass is 10.2. The highest BCUT2D eigenvalue weighted by molar-refractivity contribution is 7.98. The molecular weight excluding hydrogens is 344 g/mol. The molecule has 118 valence electrons. The predicted octanol–water partition coefficient (Wildman–Crippen LogP) is 4.63. The highest BCUT2D eigenvalue weighted by atomic mass is 35.5. The number of hydrogen-bond donors (Lipinski definition) is 0. The van der Waals surface area contributed by atoms with Crippen LogP contribution in [-0.2, 0) is 5.75 Å². The highest BCUT2D eigenvalue weighted by Gasteiger charge is 2.11. The first-order valence-corrected chi connectivity index (χ1v) is 8.57. The van der Waals surface area contributed by atoms with Crippen molar-refractivity contribution in [2.24, 2.45) is 0 Å². The molecule has 0 aliphatic rings. The number of rotatable bonds is 4. The van der Waals surface area contributed by atoms with Crippen LogP contribution in [0.5, 0.6) is 0 Å². The minimum atomic E-state index is 0.528. The summed E-state index contributed by atoms with van der Waals surface area (Å²) in [6, 6.07) is 15.3. The maximum Gasteiger partial charge on any atom is 0.237 e. The summed E-state index contributed by atoms with van der Waals surface area (Å²) in [5.74, 6) is 1.60. The Labute approximate surface area is 147 Å². The molecule has 0 saturated carbocycles. The van der Waals surface area contributed by atoms with Crippen molar-refractivity contribution in [2.45, 2.75) is 10.8 Å². The summed E-state index contributed by atoms with van der Waals surface area (Å²) in [5.41, 5.74) is 1.75. The zero-order valence-corrected chi connectivity index (χ0v) is 14.0. The van der Waals surface area contributed by atoms with Gasteiger partial charge in [0, 0.05) is 16.0 Å². The first kappa shape index (κ1) is 15.1. The van der Waals surface area contributed by atoms with Crippen LogP contribution >= 0.6 is 23.4 Å². The van der Waals surface area contributed by atoms with Crippen molar-refractivity contribution in [2.75, 3.05) is 0 Å². The van der Waals surface area contributed by atoms with Crippen LogP contribution in [0.4, 0.5) is 0 Å². The van der Waals surface area contributed by atoms with E-state index in [1.54, 1.807) is 24.2 Å². The van der Waals surface area contributed by atoms with E-state index in [-0.39, 0.29) is 0 Å². The van der Waals surface area contributed by atoms with Crippen LogP contribution in [0, 0.1) is 0 Å². The molecule has 2 heterocycles. The van der Waals surface area contributed by atoms with E-state index in [4.69, 9.17) is 16.1 Å². The zero-order valence-electron chi connectivity index (χ0n) is 12.4. The molecule has 7 heteroatoms. The van der Waals surface area contributed by atoms with Gasteiger partial charge in [0.1, 0.15) is 11.4 Å². The molecule has 0 atom stereocenters. The summed E-state index contributed by atoms with van der Waals surface area (Å²) < 4.78 is 5.32. The Morgan fingerprint density at radius 2 is 1.96 bits per heavy atom. The molecule has 24 heavy (non-hydrogen) atoms. The number of benzene rings is 2. The molecular formula is C17H11ClN4OS. The summed E-state index contributed by atoms with van der Waals surface area (Å²) in [6.07, 6.45) is 1.57. The van der Waals surface area contributed by atoms with E-state index in [0.717, 1.165) is 21.5 Å². The fraction of sp³-hybridized carbons (Fsp3) is 0.0588. The Balaban J connectivity index is 1.54. The maximum atomic E-state index is 5.99. The van der Waals surface area contributed by atoms with E-state index in [0.29, 0.717) is 22.5 Å². The van der Waals surface area contributed by atoms with E-state index in [1.807, 2.05) is 42.5 Å². The molecule has 0 bridgehead atoms. The predicted molar refractivity (Wildman–Crippen MR) is 93.8 cm³/mol. The lowest BCUT2D eigenvalue weighted by Gasteiger charge is -2.02. The number of aromatic nitrogens is 4. The minimum Gasteiger partial charge on any atom is -0.338 e. The summed E-state index contributed by atoms with van der Waals surface area (Å²) in [5, 5.41) is 6.56. The molecule has 4 rings (SSSR count). The average molecular weight is 355 g/mol. The minimum absolute atomic E-state index is 0.528. The third kappa shape index (κ3) is 3.11. The molecule has 0 N–H and O–H groups in total. The van der Waals surface area contributed by atoms with Crippen molar-refractivity contribution in [3.8, 4) is 11.4 Å². The van der Waals surface area contributed by atoms with Crippen molar-refractivity contribution in [3.63, 3.8) is 0 Å². The summed E-state index contributed by atoms with van der Waals surface area (Å²) in [7, 11) is 0. The van der Waals surface area contributed by atoms with Gasteiger partial charge in [-0.3, -0.25) is 0 Å². The van der Waals surface area contributed by atoms with Gasteiger partial charge >= 0.3 is 0 Å². The fourth-order valence-corrected chi connectivity index (χ4v) is 3.30. The molecule has 0 radical (unpaired) electrons. The third-order valence-electron chi connectivity index (χ3n) is 3.39. The van der Waals surface area contributed by atoms with Crippen LogP contribution in [0.15, 0.2) is 64.4 Å². The van der Waals surface area contributed by atoms with Gasteiger partial charge in [-0.2, -0.15) is 4.98 Å². The van der Waals surface area contributed by atoms with Gasteiger partial charge in [-0.1, -0.05) is 58.9 Å². The van der Waals surface area contributed by atoms with Gasteiger partial charge in [0.2, 0.25) is 11.7 Å². The van der Waals surface area contributed by atoms with Crippen molar-refractivity contribution >= 4 is 34.3 Å². The normalized spacial score (nSPS) is 11.0. The molecule has 0 amide bonds. The lowest BCUT2D eigenvalue weighted by molar-refractivity contribution is 0.391. The van der Waals surface area contributed by atoms with Gasteiger partial charge in [-0.25, -0.2) is 9.97 Å². The molecule has 0 fully saturated rings. The number of fused-ring (bicyclic) bond motifs is 1. The monoisotopic (exact) mass is 354 g/mol. The Morgan fingerprint density at radius 3 is 2.88 bits per heavy atom. The van der Waals surface area contributed by atoms with Gasteiger partial charge in [-0.15, -0.1) is 0 Å². The van der Waals surface area contributed by atoms with Gasteiger partial charge < -0.3 is 4.52 Å². The topological polar surface area (TPSA) is 64.7 Å². The van der Waals surface area contributed by atoms with Crippen molar-refractivity contribution < 1.29 is 4.52 Å². The second kappa shape index (κ2) is 6.59. The van der Waals surface area contributed by atoms with Gasteiger partial charge in [-0.05, 0) is 18.2 Å². The van der Waals surface area contributed by atoms with Crippen LogP contribution in [0.2, 0.25) is 5.02 Å². The fourth-order valence-electron chi connectivity index (χ4n) is 2.28. The molecule has 0 aliphatic heterocycles. The second-order valence-corrected chi connectivity index (χ2v) is 6.41. The van der Waals surface area contributed by atoms with E-state index in [2.05, 4.69) is 20.1 Å². The first-order valence-electron chi connectivity index (χ1n) is 7.21. The molecule has 0 unspecified atom stereocenters. The Bertz CT molecular complexity index is 999. The van der Waals surface area contributed by atoms with Crippen molar-refractivity contribution in [1.82, 2.24) is 20.1 Å². The summed E-state index contributed by atoms with van der Waals surface area (Å²) in [6.45, 7) is 0. The Morgan fingerprint density at radius 1 is 1.04 bits per heavy atom. The van der Waals surface area contributed by atoms with Crippen LogP contribution in [-0.4, -0.2) is 20.1 Å². The number of halogens is 1.